The molecule has 2 unspecified atom stereocenters. The first-order valence-electron chi connectivity index (χ1n) is 7.09. The van der Waals surface area contributed by atoms with E-state index in [0.29, 0.717) is 12.5 Å². The number of hydrogen-bond donors (Lipinski definition) is 2. The van der Waals surface area contributed by atoms with Crippen LogP contribution in [-0.2, 0) is 4.79 Å². The third kappa shape index (κ3) is 5.51. The first-order valence-corrected chi connectivity index (χ1v) is 7.09. The fourth-order valence-corrected chi connectivity index (χ4v) is 1.91. The number of carbonyl (C=O) groups is 1. The van der Waals surface area contributed by atoms with Crippen LogP contribution < -0.4 is 10.6 Å². The maximum Gasteiger partial charge on any atom is 0.269 e. The van der Waals surface area contributed by atoms with Crippen LogP contribution >= 0.6 is 0 Å². The van der Waals surface area contributed by atoms with Gasteiger partial charge in [0, 0.05) is 24.7 Å². The molecule has 0 bridgehead atoms. The topological polar surface area (TPSA) is 84.3 Å². The molecule has 0 spiro atoms. The van der Waals surface area contributed by atoms with E-state index in [4.69, 9.17) is 0 Å². The lowest BCUT2D eigenvalue weighted by Crippen LogP contribution is -2.44. The zero-order valence-corrected chi connectivity index (χ0v) is 12.9. The van der Waals surface area contributed by atoms with Crippen LogP contribution in [0, 0.1) is 16.0 Å². The van der Waals surface area contributed by atoms with E-state index in [-0.39, 0.29) is 23.7 Å². The van der Waals surface area contributed by atoms with Crippen molar-refractivity contribution >= 4 is 11.6 Å². The second-order valence-corrected chi connectivity index (χ2v) is 5.60. The first kappa shape index (κ1) is 17.1. The van der Waals surface area contributed by atoms with Crippen LogP contribution in [0.4, 0.5) is 5.69 Å². The predicted octanol–water partition coefficient (Wildman–Crippen LogP) is 2.41. The van der Waals surface area contributed by atoms with Gasteiger partial charge >= 0.3 is 0 Å². The number of carbonyl (C=O) groups excluding carboxylic acids is 1. The van der Waals surface area contributed by atoms with Crippen molar-refractivity contribution in [3.63, 3.8) is 0 Å². The number of rotatable bonds is 7. The molecule has 116 valence electrons. The molecule has 21 heavy (non-hydrogen) atoms. The van der Waals surface area contributed by atoms with E-state index in [1.807, 2.05) is 26.8 Å². The lowest BCUT2D eigenvalue weighted by molar-refractivity contribution is -0.384. The zero-order chi connectivity index (χ0) is 16.0. The highest BCUT2D eigenvalue weighted by atomic mass is 16.6. The minimum atomic E-state index is -0.422. The highest BCUT2D eigenvalue weighted by Gasteiger charge is 2.17. The molecule has 0 aliphatic rings. The van der Waals surface area contributed by atoms with Crippen LogP contribution in [0.25, 0.3) is 0 Å². The van der Waals surface area contributed by atoms with Gasteiger partial charge in [0.25, 0.3) is 5.69 Å². The summed E-state index contributed by atoms with van der Waals surface area (Å²) in [5, 5.41) is 16.8. The van der Waals surface area contributed by atoms with Crippen molar-refractivity contribution < 1.29 is 9.72 Å². The number of nitrogens with zero attached hydrogens (tertiary/aromatic N) is 1. The van der Waals surface area contributed by atoms with Crippen LogP contribution in [0.5, 0.6) is 0 Å². The molecule has 2 N–H and O–H groups in total. The Morgan fingerprint density at radius 1 is 1.29 bits per heavy atom. The molecular weight excluding hydrogens is 270 g/mol. The quantitative estimate of drug-likeness (QED) is 0.597. The van der Waals surface area contributed by atoms with Gasteiger partial charge in [0.2, 0.25) is 5.91 Å². The normalized spacial score (nSPS) is 13.8. The van der Waals surface area contributed by atoms with E-state index in [1.165, 1.54) is 12.1 Å². The minimum Gasteiger partial charge on any atom is -0.354 e. The summed E-state index contributed by atoms with van der Waals surface area (Å²) in [4.78, 5) is 22.3. The zero-order valence-electron chi connectivity index (χ0n) is 12.9. The van der Waals surface area contributed by atoms with Crippen molar-refractivity contribution in [2.45, 2.75) is 39.8 Å². The van der Waals surface area contributed by atoms with Crippen molar-refractivity contribution in [3.05, 3.63) is 39.9 Å². The molecular formula is C15H23N3O3. The minimum absolute atomic E-state index is 0.0538. The molecule has 6 heteroatoms. The number of benzene rings is 1. The summed E-state index contributed by atoms with van der Waals surface area (Å²) in [7, 11) is 0. The van der Waals surface area contributed by atoms with E-state index in [9.17, 15) is 14.9 Å². The third-order valence-electron chi connectivity index (χ3n) is 3.16. The van der Waals surface area contributed by atoms with E-state index in [1.54, 1.807) is 13.0 Å². The van der Waals surface area contributed by atoms with Crippen LogP contribution in [-0.4, -0.2) is 23.4 Å². The molecule has 0 heterocycles. The summed E-state index contributed by atoms with van der Waals surface area (Å²) in [5.41, 5.74) is 0.839. The number of hydrogen-bond acceptors (Lipinski definition) is 4. The Balaban J connectivity index is 2.63. The molecule has 2 atom stereocenters. The fourth-order valence-electron chi connectivity index (χ4n) is 1.91. The summed E-state index contributed by atoms with van der Waals surface area (Å²) < 4.78 is 0. The number of non-ortho nitro benzene ring substituents is 1. The van der Waals surface area contributed by atoms with Gasteiger partial charge in [-0.3, -0.25) is 20.2 Å². The Labute approximate surface area is 125 Å². The summed E-state index contributed by atoms with van der Waals surface area (Å²) in [6.45, 7) is 8.36. The summed E-state index contributed by atoms with van der Waals surface area (Å²) in [5.74, 6) is 0.330. The standard InChI is InChI=1S/C15H23N3O3/c1-10(2)9-16-15(19)12(4)17-11(3)13-6-5-7-14(8-13)18(20)21/h5-8,10-12,17H,9H2,1-4H3,(H,16,19). The highest BCUT2D eigenvalue weighted by Crippen LogP contribution is 2.19. The Bertz CT molecular complexity index is 503. The SMILES string of the molecule is CC(C)CNC(=O)C(C)NC(C)c1cccc([N+](=O)[O-])c1. The molecule has 1 aromatic rings. The van der Waals surface area contributed by atoms with E-state index in [2.05, 4.69) is 10.6 Å². The van der Waals surface area contributed by atoms with E-state index < -0.39 is 4.92 Å². The van der Waals surface area contributed by atoms with Gasteiger partial charge < -0.3 is 5.32 Å². The Kier molecular flexibility index (Phi) is 6.30. The number of nitro benzene ring substituents is 1. The molecule has 0 aliphatic heterocycles. The van der Waals surface area contributed by atoms with Crippen LogP contribution in [0.3, 0.4) is 0 Å². The van der Waals surface area contributed by atoms with Crippen molar-refractivity contribution in [2.24, 2.45) is 5.92 Å². The molecule has 0 aromatic heterocycles. The lowest BCUT2D eigenvalue weighted by atomic mass is 10.1. The first-order chi connectivity index (χ1) is 9.81. The molecule has 0 saturated heterocycles. The number of amides is 1. The molecule has 0 saturated carbocycles. The fraction of sp³-hybridized carbons (Fsp3) is 0.533. The molecule has 6 nitrogen and oxygen atoms in total. The summed E-state index contributed by atoms with van der Waals surface area (Å²) >= 11 is 0. The van der Waals surface area contributed by atoms with Crippen LogP contribution in [0.2, 0.25) is 0 Å². The average Bonchev–Trinajstić information content (AvgIpc) is 2.44. The van der Waals surface area contributed by atoms with Crippen LogP contribution in [0.1, 0.15) is 39.3 Å². The van der Waals surface area contributed by atoms with Crippen molar-refractivity contribution in [2.75, 3.05) is 6.54 Å². The smallest absolute Gasteiger partial charge is 0.269 e. The van der Waals surface area contributed by atoms with Gasteiger partial charge in [0.15, 0.2) is 0 Å². The Morgan fingerprint density at radius 2 is 1.95 bits per heavy atom. The molecule has 1 aromatic carbocycles. The van der Waals surface area contributed by atoms with Crippen molar-refractivity contribution in [1.82, 2.24) is 10.6 Å². The monoisotopic (exact) mass is 293 g/mol. The van der Waals surface area contributed by atoms with Gasteiger partial charge in [0.1, 0.15) is 0 Å². The number of nitro groups is 1. The van der Waals surface area contributed by atoms with Gasteiger partial charge in [-0.2, -0.15) is 0 Å². The second kappa shape index (κ2) is 7.73. The maximum atomic E-state index is 11.9. The third-order valence-corrected chi connectivity index (χ3v) is 3.16. The lowest BCUT2D eigenvalue weighted by Gasteiger charge is -2.20. The van der Waals surface area contributed by atoms with Crippen LogP contribution in [0.15, 0.2) is 24.3 Å². The molecule has 1 amide bonds. The average molecular weight is 293 g/mol. The van der Waals surface area contributed by atoms with Gasteiger partial charge in [-0.05, 0) is 25.3 Å². The second-order valence-electron chi connectivity index (χ2n) is 5.60. The van der Waals surface area contributed by atoms with Crippen molar-refractivity contribution in [3.8, 4) is 0 Å². The van der Waals surface area contributed by atoms with Gasteiger partial charge in [-0.1, -0.05) is 26.0 Å². The van der Waals surface area contributed by atoms with Gasteiger partial charge in [-0.15, -0.1) is 0 Å². The van der Waals surface area contributed by atoms with Gasteiger partial charge in [0.05, 0.1) is 11.0 Å². The highest BCUT2D eigenvalue weighted by molar-refractivity contribution is 5.81. The molecule has 0 fully saturated rings. The van der Waals surface area contributed by atoms with Gasteiger partial charge in [-0.25, -0.2) is 0 Å². The Morgan fingerprint density at radius 3 is 2.52 bits per heavy atom. The molecule has 1 rings (SSSR count). The summed E-state index contributed by atoms with van der Waals surface area (Å²) in [6, 6.07) is 5.92. The van der Waals surface area contributed by atoms with Crippen molar-refractivity contribution in [1.29, 1.82) is 0 Å². The largest absolute Gasteiger partial charge is 0.354 e. The molecule has 0 radical (unpaired) electrons. The molecule has 0 aliphatic carbocycles. The van der Waals surface area contributed by atoms with E-state index >= 15 is 0 Å². The predicted molar refractivity (Wildman–Crippen MR) is 82.0 cm³/mol. The Hall–Kier alpha value is -1.95. The van der Waals surface area contributed by atoms with E-state index in [0.717, 1.165) is 5.56 Å². The summed E-state index contributed by atoms with van der Waals surface area (Å²) in [6.07, 6.45) is 0. The maximum absolute atomic E-state index is 11.9. The number of nitrogens with one attached hydrogen (secondary N) is 2.